The summed E-state index contributed by atoms with van der Waals surface area (Å²) < 4.78 is 12.8. The number of piperidine rings is 1. The van der Waals surface area contributed by atoms with E-state index in [4.69, 9.17) is 14.6 Å². The van der Waals surface area contributed by atoms with Crippen molar-refractivity contribution in [2.75, 3.05) is 27.3 Å². The summed E-state index contributed by atoms with van der Waals surface area (Å²) in [6.45, 7) is 2.84. The number of rotatable bonds is 5. The highest BCUT2D eigenvalue weighted by molar-refractivity contribution is 5.73. The molecule has 2 aromatic heterocycles. The van der Waals surface area contributed by atoms with Gasteiger partial charge in [0, 0.05) is 44.0 Å². The monoisotopic (exact) mass is 367 g/mol. The van der Waals surface area contributed by atoms with Gasteiger partial charge in [0.2, 0.25) is 0 Å². The first kappa shape index (κ1) is 17.7. The maximum absolute atomic E-state index is 5.54. The average Bonchev–Trinajstić information content (AvgIpc) is 3.05. The molecular weight excluding hydrogens is 342 g/mol. The highest BCUT2D eigenvalue weighted by Crippen LogP contribution is 2.32. The van der Waals surface area contributed by atoms with E-state index in [1.807, 2.05) is 23.9 Å². The van der Waals surface area contributed by atoms with Crippen LogP contribution in [-0.2, 0) is 13.6 Å². The number of benzene rings is 1. The number of fused-ring (bicyclic) bond motifs is 1. The van der Waals surface area contributed by atoms with Crippen LogP contribution in [0.2, 0.25) is 0 Å². The van der Waals surface area contributed by atoms with Gasteiger partial charge in [-0.15, -0.1) is 0 Å². The van der Waals surface area contributed by atoms with Crippen molar-refractivity contribution in [3.8, 4) is 11.5 Å². The van der Waals surface area contributed by atoms with Gasteiger partial charge in [0.1, 0.15) is 17.0 Å². The first-order valence-electron chi connectivity index (χ1n) is 9.26. The quantitative estimate of drug-likeness (QED) is 0.691. The normalized spacial score (nSPS) is 18.0. The lowest BCUT2D eigenvalue weighted by molar-refractivity contribution is 0.196. The predicted octanol–water partition coefficient (Wildman–Crippen LogP) is 2.76. The van der Waals surface area contributed by atoms with Crippen LogP contribution < -0.4 is 9.47 Å². The third kappa shape index (κ3) is 3.47. The van der Waals surface area contributed by atoms with Crippen LogP contribution in [0.4, 0.5) is 0 Å². The Hall–Kier alpha value is -2.67. The largest absolute Gasteiger partial charge is 0.497 e. The molecule has 1 atom stereocenters. The van der Waals surface area contributed by atoms with E-state index in [9.17, 15) is 0 Å². The summed E-state index contributed by atoms with van der Waals surface area (Å²) in [6, 6.07) is 5.96. The summed E-state index contributed by atoms with van der Waals surface area (Å²) in [6.07, 6.45) is 5.72. The van der Waals surface area contributed by atoms with Gasteiger partial charge in [-0.1, -0.05) is 0 Å². The van der Waals surface area contributed by atoms with E-state index in [0.29, 0.717) is 5.92 Å². The standard InChI is InChI=1S/C20H25N5O2/c1-24-20-19(21-8-9-22-20)18(23-24)14-5-4-10-25(12-14)13-15-11-16(26-2)6-7-17(15)27-3/h6-9,11,14H,4-5,10,12-13H2,1-3H3/t14-/m1/s1. The molecule has 1 aliphatic rings. The average molecular weight is 367 g/mol. The number of hydrogen-bond donors (Lipinski definition) is 0. The van der Waals surface area contributed by atoms with Gasteiger partial charge in [0.25, 0.3) is 0 Å². The van der Waals surface area contributed by atoms with Crippen molar-refractivity contribution in [3.63, 3.8) is 0 Å². The lowest BCUT2D eigenvalue weighted by atomic mass is 9.94. The minimum absolute atomic E-state index is 0.357. The number of ether oxygens (including phenoxy) is 2. The molecule has 1 aromatic carbocycles. The zero-order valence-electron chi connectivity index (χ0n) is 16.1. The van der Waals surface area contributed by atoms with Crippen LogP contribution >= 0.6 is 0 Å². The van der Waals surface area contributed by atoms with E-state index in [0.717, 1.165) is 66.4 Å². The van der Waals surface area contributed by atoms with Crippen LogP contribution in [0.5, 0.6) is 11.5 Å². The number of methoxy groups -OCH3 is 2. The summed E-state index contributed by atoms with van der Waals surface area (Å²) in [5, 5.41) is 4.74. The number of nitrogens with zero attached hydrogens (tertiary/aromatic N) is 5. The van der Waals surface area contributed by atoms with Crippen molar-refractivity contribution in [2.45, 2.75) is 25.3 Å². The lowest BCUT2D eigenvalue weighted by Gasteiger charge is -2.32. The van der Waals surface area contributed by atoms with Gasteiger partial charge in [0.05, 0.1) is 19.9 Å². The fourth-order valence-electron chi connectivity index (χ4n) is 3.95. The molecule has 0 N–H and O–H groups in total. The molecule has 0 saturated carbocycles. The molecule has 7 nitrogen and oxygen atoms in total. The molecule has 4 rings (SSSR count). The molecule has 3 heterocycles. The van der Waals surface area contributed by atoms with Gasteiger partial charge in [0.15, 0.2) is 5.65 Å². The topological polar surface area (TPSA) is 65.3 Å². The van der Waals surface area contributed by atoms with Gasteiger partial charge in [-0.25, -0.2) is 14.6 Å². The van der Waals surface area contributed by atoms with Crippen LogP contribution in [0.1, 0.15) is 30.0 Å². The molecule has 3 aromatic rings. The Balaban J connectivity index is 1.57. The van der Waals surface area contributed by atoms with Crippen LogP contribution in [-0.4, -0.2) is 52.0 Å². The summed E-state index contributed by atoms with van der Waals surface area (Å²) in [5.41, 5.74) is 3.97. The van der Waals surface area contributed by atoms with E-state index >= 15 is 0 Å². The summed E-state index contributed by atoms with van der Waals surface area (Å²) in [4.78, 5) is 11.4. The lowest BCUT2D eigenvalue weighted by Crippen LogP contribution is -2.34. The van der Waals surface area contributed by atoms with Gasteiger partial charge in [-0.05, 0) is 37.6 Å². The molecular formula is C20H25N5O2. The van der Waals surface area contributed by atoms with E-state index in [1.54, 1.807) is 26.6 Å². The molecule has 1 aliphatic heterocycles. The van der Waals surface area contributed by atoms with Crippen molar-refractivity contribution >= 4 is 11.2 Å². The Bertz CT molecular complexity index is 939. The van der Waals surface area contributed by atoms with Gasteiger partial charge in [-0.3, -0.25) is 4.90 Å². The molecule has 0 bridgehead atoms. The molecule has 27 heavy (non-hydrogen) atoms. The zero-order chi connectivity index (χ0) is 18.8. The third-order valence-electron chi connectivity index (χ3n) is 5.26. The molecule has 1 saturated heterocycles. The van der Waals surface area contributed by atoms with E-state index in [1.165, 1.54) is 0 Å². The van der Waals surface area contributed by atoms with E-state index in [-0.39, 0.29) is 0 Å². The van der Waals surface area contributed by atoms with Crippen LogP contribution in [0.15, 0.2) is 30.6 Å². The fraction of sp³-hybridized carbons (Fsp3) is 0.450. The molecule has 7 heteroatoms. The van der Waals surface area contributed by atoms with Crippen molar-refractivity contribution in [3.05, 3.63) is 41.9 Å². The van der Waals surface area contributed by atoms with Crippen molar-refractivity contribution in [1.29, 1.82) is 0 Å². The second-order valence-corrected chi connectivity index (χ2v) is 6.99. The second-order valence-electron chi connectivity index (χ2n) is 6.99. The molecule has 1 fully saturated rings. The Morgan fingerprint density at radius 2 is 2.00 bits per heavy atom. The Morgan fingerprint density at radius 1 is 1.15 bits per heavy atom. The van der Waals surface area contributed by atoms with Crippen molar-refractivity contribution in [2.24, 2.45) is 7.05 Å². The SMILES string of the molecule is COc1ccc(OC)c(CN2CCC[C@@H](c3nn(C)c4nccnc34)C2)c1. The van der Waals surface area contributed by atoms with Gasteiger partial charge in [-0.2, -0.15) is 5.10 Å². The Kier molecular flexibility index (Phi) is 4.94. The smallest absolute Gasteiger partial charge is 0.176 e. The third-order valence-corrected chi connectivity index (χ3v) is 5.26. The maximum Gasteiger partial charge on any atom is 0.176 e. The molecule has 0 spiro atoms. The van der Waals surface area contributed by atoms with Crippen LogP contribution in [0, 0.1) is 0 Å². The van der Waals surface area contributed by atoms with Crippen molar-refractivity contribution in [1.82, 2.24) is 24.6 Å². The van der Waals surface area contributed by atoms with E-state index < -0.39 is 0 Å². The minimum atomic E-state index is 0.357. The molecule has 0 unspecified atom stereocenters. The van der Waals surface area contributed by atoms with Gasteiger partial charge < -0.3 is 9.47 Å². The van der Waals surface area contributed by atoms with Gasteiger partial charge >= 0.3 is 0 Å². The molecule has 0 amide bonds. The first-order chi connectivity index (χ1) is 13.2. The zero-order valence-corrected chi connectivity index (χ0v) is 16.1. The fourth-order valence-corrected chi connectivity index (χ4v) is 3.95. The maximum atomic E-state index is 5.54. The van der Waals surface area contributed by atoms with Crippen LogP contribution in [0.3, 0.4) is 0 Å². The number of aryl methyl sites for hydroxylation is 1. The Labute approximate surface area is 158 Å². The summed E-state index contributed by atoms with van der Waals surface area (Å²) in [7, 11) is 5.33. The number of likely N-dealkylation sites (tertiary alicyclic amines) is 1. The molecule has 142 valence electrons. The minimum Gasteiger partial charge on any atom is -0.497 e. The predicted molar refractivity (Wildman–Crippen MR) is 103 cm³/mol. The molecule has 0 aliphatic carbocycles. The molecule has 0 radical (unpaired) electrons. The highest BCUT2D eigenvalue weighted by atomic mass is 16.5. The summed E-state index contributed by atoms with van der Waals surface area (Å²) >= 11 is 0. The summed E-state index contributed by atoms with van der Waals surface area (Å²) in [5.74, 6) is 2.10. The van der Waals surface area contributed by atoms with Crippen molar-refractivity contribution < 1.29 is 9.47 Å². The number of hydrogen-bond acceptors (Lipinski definition) is 6. The second kappa shape index (κ2) is 7.52. The first-order valence-corrected chi connectivity index (χ1v) is 9.26. The Morgan fingerprint density at radius 3 is 2.81 bits per heavy atom. The van der Waals surface area contributed by atoms with E-state index in [2.05, 4.69) is 20.9 Å². The highest BCUT2D eigenvalue weighted by Gasteiger charge is 2.27. The number of aromatic nitrogens is 4. The van der Waals surface area contributed by atoms with Crippen LogP contribution in [0.25, 0.3) is 11.2 Å².